The molecule has 2 fully saturated rings. The molecule has 0 radical (unpaired) electrons. The minimum Gasteiger partial charge on any atom is -0.361 e. The van der Waals surface area contributed by atoms with E-state index in [0.717, 1.165) is 35.5 Å². The van der Waals surface area contributed by atoms with Crippen LogP contribution in [0.3, 0.4) is 0 Å². The molecule has 6 nitrogen and oxygen atoms in total. The molecule has 0 aliphatic carbocycles. The second-order valence-corrected chi connectivity index (χ2v) is 15.5. The highest BCUT2D eigenvalue weighted by Gasteiger charge is 2.40. The van der Waals surface area contributed by atoms with Crippen LogP contribution in [0.25, 0.3) is 10.9 Å². The van der Waals surface area contributed by atoms with Gasteiger partial charge >= 0.3 is 0 Å². The predicted octanol–water partition coefficient (Wildman–Crippen LogP) is 4.59. The fourth-order valence-corrected chi connectivity index (χ4v) is 5.28. The van der Waals surface area contributed by atoms with Gasteiger partial charge in [0.2, 0.25) is 0 Å². The van der Waals surface area contributed by atoms with Crippen molar-refractivity contribution in [2.75, 3.05) is 37.8 Å². The SMILES string of the molecule is C[Si](C)(C)CCOCn1cc(Br)c2c(F)c(N3CCC4(CC3)OCCO4)ncc21. The molecule has 2 aliphatic heterocycles. The molecule has 0 saturated carbocycles. The predicted molar refractivity (Wildman–Crippen MR) is 118 cm³/mol. The van der Waals surface area contributed by atoms with Gasteiger partial charge in [-0.1, -0.05) is 19.6 Å². The number of piperidine rings is 1. The average molecular weight is 486 g/mol. The molecule has 0 atom stereocenters. The summed E-state index contributed by atoms with van der Waals surface area (Å²) in [5, 5.41) is 0.553. The van der Waals surface area contributed by atoms with E-state index in [9.17, 15) is 0 Å². The molecule has 0 amide bonds. The van der Waals surface area contributed by atoms with E-state index < -0.39 is 13.9 Å². The van der Waals surface area contributed by atoms with E-state index in [1.165, 1.54) is 0 Å². The fourth-order valence-electron chi connectivity index (χ4n) is 3.90. The Morgan fingerprint density at radius 3 is 2.59 bits per heavy atom. The number of halogens is 2. The molecular formula is C20H29BrFN3O3Si. The standard InChI is InChI=1S/C20H29BrFN3O3Si/c1-29(2,3)11-10-26-14-25-13-15(21)17-16(25)12-23-19(18(17)22)24-6-4-20(5-7-24)27-8-9-28-20/h12-13H,4-11,14H2,1-3H3. The zero-order valence-corrected chi connectivity index (χ0v) is 19.9. The minimum absolute atomic E-state index is 0.292. The first kappa shape index (κ1) is 21.2. The molecule has 0 N–H and O–H groups in total. The highest BCUT2D eigenvalue weighted by molar-refractivity contribution is 9.10. The Balaban J connectivity index is 1.48. The number of aromatic nitrogens is 2. The van der Waals surface area contributed by atoms with Crippen LogP contribution in [0.2, 0.25) is 25.7 Å². The van der Waals surface area contributed by atoms with E-state index in [2.05, 4.69) is 40.6 Å². The van der Waals surface area contributed by atoms with Gasteiger partial charge in [0.25, 0.3) is 0 Å². The lowest BCUT2D eigenvalue weighted by molar-refractivity contribution is -0.169. The van der Waals surface area contributed by atoms with Crippen molar-refractivity contribution in [1.82, 2.24) is 9.55 Å². The first-order valence-corrected chi connectivity index (χ1v) is 14.7. The van der Waals surface area contributed by atoms with Crippen LogP contribution in [-0.4, -0.2) is 56.3 Å². The highest BCUT2D eigenvalue weighted by Crippen LogP contribution is 2.36. The van der Waals surface area contributed by atoms with E-state index in [0.29, 0.717) is 44.2 Å². The topological polar surface area (TPSA) is 48.8 Å². The summed E-state index contributed by atoms with van der Waals surface area (Å²) in [5.74, 6) is -0.378. The van der Waals surface area contributed by atoms with Gasteiger partial charge in [-0.05, 0) is 22.0 Å². The summed E-state index contributed by atoms with van der Waals surface area (Å²) in [6.45, 7) is 10.7. The molecule has 4 heterocycles. The molecule has 4 rings (SSSR count). The van der Waals surface area contributed by atoms with Gasteiger partial charge in [0.15, 0.2) is 17.4 Å². The van der Waals surface area contributed by atoms with Gasteiger partial charge in [0.1, 0.15) is 6.73 Å². The van der Waals surface area contributed by atoms with Crippen molar-refractivity contribution >= 4 is 40.7 Å². The summed E-state index contributed by atoms with van der Waals surface area (Å²) in [5.41, 5.74) is 0.738. The Bertz CT molecular complexity index is 870. The Morgan fingerprint density at radius 2 is 1.93 bits per heavy atom. The average Bonchev–Trinajstić information content (AvgIpc) is 3.25. The maximum atomic E-state index is 15.4. The number of fused-ring (bicyclic) bond motifs is 1. The lowest BCUT2D eigenvalue weighted by Gasteiger charge is -2.38. The molecule has 9 heteroatoms. The summed E-state index contributed by atoms with van der Waals surface area (Å²) in [6.07, 6.45) is 5.06. The third-order valence-corrected chi connectivity index (χ3v) is 7.97. The van der Waals surface area contributed by atoms with Gasteiger partial charge < -0.3 is 23.7 Å². The normalized spacial score (nSPS) is 19.6. The molecule has 0 aromatic carbocycles. The van der Waals surface area contributed by atoms with E-state index in [1.54, 1.807) is 6.20 Å². The smallest absolute Gasteiger partial charge is 0.176 e. The van der Waals surface area contributed by atoms with Crippen LogP contribution in [-0.2, 0) is 20.9 Å². The fraction of sp³-hybridized carbons (Fsp3) is 0.650. The molecule has 2 aromatic rings. The molecular weight excluding hydrogens is 457 g/mol. The van der Waals surface area contributed by atoms with Crippen LogP contribution in [0.15, 0.2) is 16.9 Å². The number of pyridine rings is 1. The summed E-state index contributed by atoms with van der Waals surface area (Å²) in [7, 11) is -1.13. The lowest BCUT2D eigenvalue weighted by atomic mass is 10.0. The van der Waals surface area contributed by atoms with Gasteiger partial charge in [0, 0.05) is 51.3 Å². The maximum absolute atomic E-state index is 15.4. The van der Waals surface area contributed by atoms with Crippen molar-refractivity contribution in [2.45, 2.75) is 51.0 Å². The van der Waals surface area contributed by atoms with Gasteiger partial charge in [-0.15, -0.1) is 0 Å². The van der Waals surface area contributed by atoms with Crippen LogP contribution in [0.4, 0.5) is 10.2 Å². The zero-order valence-electron chi connectivity index (χ0n) is 17.3. The first-order chi connectivity index (χ1) is 13.8. The van der Waals surface area contributed by atoms with Crippen molar-refractivity contribution in [3.8, 4) is 0 Å². The van der Waals surface area contributed by atoms with Gasteiger partial charge in [-0.3, -0.25) is 0 Å². The van der Waals surface area contributed by atoms with Crippen LogP contribution >= 0.6 is 15.9 Å². The number of hydrogen-bond donors (Lipinski definition) is 0. The molecule has 160 valence electrons. The molecule has 2 aromatic heterocycles. The molecule has 0 bridgehead atoms. The third-order valence-electron chi connectivity index (χ3n) is 5.66. The minimum atomic E-state index is -1.13. The van der Waals surface area contributed by atoms with E-state index in [-0.39, 0.29) is 5.82 Å². The van der Waals surface area contributed by atoms with E-state index in [1.807, 2.05) is 15.7 Å². The van der Waals surface area contributed by atoms with Crippen molar-refractivity contribution in [3.05, 3.63) is 22.7 Å². The van der Waals surface area contributed by atoms with Crippen molar-refractivity contribution in [1.29, 1.82) is 0 Å². The quantitative estimate of drug-likeness (QED) is 0.442. The second kappa shape index (κ2) is 8.26. The summed E-state index contributed by atoms with van der Waals surface area (Å²) in [6, 6.07) is 1.11. The number of ether oxygens (including phenoxy) is 3. The third kappa shape index (κ3) is 4.53. The van der Waals surface area contributed by atoms with Crippen LogP contribution < -0.4 is 4.90 Å². The molecule has 1 spiro atoms. The van der Waals surface area contributed by atoms with Gasteiger partial charge in [0.05, 0.1) is 30.3 Å². The Morgan fingerprint density at radius 1 is 1.24 bits per heavy atom. The molecule has 2 saturated heterocycles. The molecule has 0 unspecified atom stereocenters. The Kier molecular flexibility index (Phi) is 6.05. The number of anilines is 1. The lowest BCUT2D eigenvalue weighted by Crippen LogP contribution is -2.45. The number of hydrogen-bond acceptors (Lipinski definition) is 5. The maximum Gasteiger partial charge on any atom is 0.176 e. The number of rotatable bonds is 6. The van der Waals surface area contributed by atoms with Gasteiger partial charge in [-0.2, -0.15) is 0 Å². The largest absolute Gasteiger partial charge is 0.361 e. The molecule has 29 heavy (non-hydrogen) atoms. The van der Waals surface area contributed by atoms with Gasteiger partial charge in [-0.25, -0.2) is 9.37 Å². The Hall–Kier alpha value is -1.00. The van der Waals surface area contributed by atoms with Crippen LogP contribution in [0.5, 0.6) is 0 Å². The van der Waals surface area contributed by atoms with Crippen LogP contribution in [0, 0.1) is 5.82 Å². The first-order valence-electron chi connectivity index (χ1n) is 10.2. The summed E-state index contributed by atoms with van der Waals surface area (Å²) in [4.78, 5) is 6.45. The summed E-state index contributed by atoms with van der Waals surface area (Å²) < 4.78 is 35.4. The van der Waals surface area contributed by atoms with Crippen molar-refractivity contribution < 1.29 is 18.6 Å². The monoisotopic (exact) mass is 485 g/mol. The van der Waals surface area contributed by atoms with Crippen molar-refractivity contribution in [3.63, 3.8) is 0 Å². The van der Waals surface area contributed by atoms with E-state index >= 15 is 4.39 Å². The number of nitrogens with zero attached hydrogens (tertiary/aromatic N) is 3. The Labute approximate surface area is 180 Å². The molecule has 2 aliphatic rings. The second-order valence-electron chi connectivity index (χ2n) is 9.05. The zero-order chi connectivity index (χ0) is 20.6. The van der Waals surface area contributed by atoms with Crippen LogP contribution in [0.1, 0.15) is 12.8 Å². The van der Waals surface area contributed by atoms with Crippen molar-refractivity contribution in [2.24, 2.45) is 0 Å². The highest BCUT2D eigenvalue weighted by atomic mass is 79.9. The summed E-state index contributed by atoms with van der Waals surface area (Å²) >= 11 is 3.52. The van der Waals surface area contributed by atoms with E-state index in [4.69, 9.17) is 14.2 Å².